The first-order valence-corrected chi connectivity index (χ1v) is 30.7. The number of allylic oxidation sites excluding steroid dienone is 14. The highest BCUT2D eigenvalue weighted by molar-refractivity contribution is 5.84. The summed E-state index contributed by atoms with van der Waals surface area (Å²) in [6.45, 7) is 23.5. The molecule has 0 amide bonds. The Morgan fingerprint density at radius 2 is 1.10 bits per heavy atom. The Kier molecular flexibility index (Phi) is 28.7. The fourth-order valence-electron chi connectivity index (χ4n) is 10.1. The Morgan fingerprint density at radius 3 is 1.70 bits per heavy atom. The fraction of sp³-hybridized carbons (Fsp3) is 0.268. The maximum Gasteiger partial charge on any atom is 0.0482 e. The zero-order chi connectivity index (χ0) is 59.8. The zero-order valence-electron chi connectivity index (χ0n) is 52.2. The molecular weight excluding hydrogens is 999 g/mol. The molecule has 0 saturated heterocycles. The molecule has 0 saturated carbocycles. The van der Waals surface area contributed by atoms with E-state index in [1.165, 1.54) is 125 Å². The molecule has 1 nitrogen and oxygen atoms in total. The van der Waals surface area contributed by atoms with Gasteiger partial charge in [0.05, 0.1) is 0 Å². The smallest absolute Gasteiger partial charge is 0.0482 e. The van der Waals surface area contributed by atoms with Gasteiger partial charge in [0.25, 0.3) is 0 Å². The van der Waals surface area contributed by atoms with Gasteiger partial charge in [0, 0.05) is 11.7 Å². The van der Waals surface area contributed by atoms with Gasteiger partial charge in [-0.1, -0.05) is 259 Å². The van der Waals surface area contributed by atoms with Crippen LogP contribution in [0.15, 0.2) is 247 Å². The van der Waals surface area contributed by atoms with E-state index in [2.05, 4.69) is 311 Å². The lowest BCUT2D eigenvalue weighted by atomic mass is 9.91. The third-order valence-corrected chi connectivity index (χ3v) is 15.0. The van der Waals surface area contributed by atoms with Crippen LogP contribution in [0.4, 0.5) is 5.69 Å². The summed E-state index contributed by atoms with van der Waals surface area (Å²) in [5.74, 6) is 0. The first-order chi connectivity index (χ1) is 40.5. The Hall–Kier alpha value is -8.18. The summed E-state index contributed by atoms with van der Waals surface area (Å²) in [5, 5.41) is 3.77. The number of aryl methyl sites for hydroxylation is 5. The molecule has 7 aromatic carbocycles. The third-order valence-electron chi connectivity index (χ3n) is 15.0. The van der Waals surface area contributed by atoms with Crippen LogP contribution in [0.1, 0.15) is 144 Å². The minimum Gasteiger partial charge on any atom is -0.379 e. The van der Waals surface area contributed by atoms with E-state index in [9.17, 15) is 0 Å². The van der Waals surface area contributed by atoms with Gasteiger partial charge in [-0.3, -0.25) is 0 Å². The number of unbranched alkanes of at least 4 members (excludes halogenated alkanes) is 1. The summed E-state index contributed by atoms with van der Waals surface area (Å²) < 4.78 is 0. The summed E-state index contributed by atoms with van der Waals surface area (Å²) in [6, 6.07) is 59.6. The zero-order valence-corrected chi connectivity index (χ0v) is 52.2. The van der Waals surface area contributed by atoms with E-state index >= 15 is 0 Å². The van der Waals surface area contributed by atoms with Crippen LogP contribution >= 0.6 is 0 Å². The van der Waals surface area contributed by atoms with Gasteiger partial charge < -0.3 is 5.32 Å². The average Bonchev–Trinajstić information content (AvgIpc) is 3.80. The van der Waals surface area contributed by atoms with E-state index in [-0.39, 0.29) is 6.04 Å². The van der Waals surface area contributed by atoms with Crippen molar-refractivity contribution in [2.24, 2.45) is 0 Å². The number of rotatable bonds is 13. The maximum atomic E-state index is 4.00. The molecule has 0 aliphatic heterocycles. The van der Waals surface area contributed by atoms with Crippen LogP contribution in [-0.2, 0) is 6.42 Å². The molecule has 0 heterocycles. The minimum absolute atomic E-state index is 0.284. The van der Waals surface area contributed by atoms with E-state index in [0.29, 0.717) is 0 Å². The lowest BCUT2D eigenvalue weighted by Crippen LogP contribution is -2.18. The molecule has 1 heteroatoms. The third kappa shape index (κ3) is 20.9. The van der Waals surface area contributed by atoms with Crippen LogP contribution in [-0.4, -0.2) is 6.04 Å². The molecule has 0 radical (unpaired) electrons. The van der Waals surface area contributed by atoms with Gasteiger partial charge in [0.2, 0.25) is 0 Å². The van der Waals surface area contributed by atoms with Crippen molar-refractivity contribution in [1.82, 2.24) is 0 Å². The molecular formula is C82H95N. The number of nitrogens with one attached hydrogen (secondary N) is 1. The second-order valence-corrected chi connectivity index (χ2v) is 21.6. The van der Waals surface area contributed by atoms with E-state index in [1.54, 1.807) is 0 Å². The second-order valence-electron chi connectivity index (χ2n) is 21.6. The number of benzene rings is 7. The monoisotopic (exact) mass is 1090 g/mol. The van der Waals surface area contributed by atoms with Crippen LogP contribution in [0, 0.1) is 47.5 Å². The van der Waals surface area contributed by atoms with E-state index in [0.717, 1.165) is 50.6 Å². The van der Waals surface area contributed by atoms with Crippen LogP contribution in [0.3, 0.4) is 0 Å². The van der Waals surface area contributed by atoms with Crippen molar-refractivity contribution in [2.75, 3.05) is 5.32 Å². The molecule has 0 aromatic heterocycles. The largest absolute Gasteiger partial charge is 0.379 e. The first kappa shape index (κ1) is 65.6. The minimum atomic E-state index is 0.284. The Morgan fingerprint density at radius 1 is 0.518 bits per heavy atom. The molecule has 3 aliphatic rings. The van der Waals surface area contributed by atoms with E-state index in [1.807, 2.05) is 13.8 Å². The van der Waals surface area contributed by atoms with Crippen molar-refractivity contribution in [3.8, 4) is 46.2 Å². The summed E-state index contributed by atoms with van der Waals surface area (Å²) in [6.07, 6.45) is 44.6. The van der Waals surface area contributed by atoms with Crippen LogP contribution in [0.25, 0.3) is 44.5 Å². The maximum absolute atomic E-state index is 4.00. The van der Waals surface area contributed by atoms with Gasteiger partial charge in [-0.15, -0.1) is 12.8 Å². The van der Waals surface area contributed by atoms with Crippen LogP contribution in [0.5, 0.6) is 0 Å². The fourth-order valence-corrected chi connectivity index (χ4v) is 10.1. The Bertz CT molecular complexity index is 3330. The second kappa shape index (κ2) is 36.3. The van der Waals surface area contributed by atoms with Crippen LogP contribution in [0.2, 0.25) is 0 Å². The molecule has 0 bridgehead atoms. The number of anilines is 1. The van der Waals surface area contributed by atoms with Crippen molar-refractivity contribution in [1.29, 1.82) is 0 Å². The van der Waals surface area contributed by atoms with Gasteiger partial charge in [0.1, 0.15) is 0 Å². The van der Waals surface area contributed by atoms with Crippen molar-refractivity contribution in [3.05, 3.63) is 292 Å². The average molecular weight is 1090 g/mol. The molecule has 83 heavy (non-hydrogen) atoms. The molecule has 1 unspecified atom stereocenters. The predicted octanol–water partition coefficient (Wildman–Crippen LogP) is 23.7. The normalized spacial score (nSPS) is 14.3. The summed E-state index contributed by atoms with van der Waals surface area (Å²) >= 11 is 0. The van der Waals surface area contributed by atoms with Crippen LogP contribution < -0.4 is 5.32 Å². The van der Waals surface area contributed by atoms with Crippen molar-refractivity contribution < 1.29 is 0 Å². The topological polar surface area (TPSA) is 12.0 Å². The molecule has 3 aliphatic carbocycles. The Labute approximate surface area is 503 Å². The van der Waals surface area contributed by atoms with Gasteiger partial charge in [-0.05, 0) is 218 Å². The summed E-state index contributed by atoms with van der Waals surface area (Å²) in [7, 11) is 0. The highest BCUT2D eigenvalue weighted by Gasteiger charge is 2.17. The highest BCUT2D eigenvalue weighted by Crippen LogP contribution is 2.37. The first-order valence-electron chi connectivity index (χ1n) is 30.7. The molecule has 0 spiro atoms. The standard InChI is InChI=1S/C45H43N.C22H26.C8H10.C3H8.C2H6.C2H2/c1-32-12-9-10-19-44(32)45-31-38(18-11-13-33(45)2)36-20-24-42(25-21-36)46-43-26-22-37(23-27-43)41-29-39(34-14-5-3-6-15-34)28-40(30-41)35-16-7-4-8-17-35;1-4-5-6-7-8-9-10-21-17-22(16-13-19(21)3)20-14-11-18(2)12-15-20;1-7-5-3-4-6-8(7)2;1-3-2;2*1-2/h3,5-7,9-10,12,14-17,19-24,26-31,42,46H,4,8,11,13,18,25H2,1-2H3;6-9,11-17H,4-5,10H2,1-3H3;3-6H,1-2H3;3H2,1-2H3;1-2H3;1-2H/b;7-6-,9-8-;;;;. The SMILES string of the molecule is C#C.CC.CC1=C(c2ccccc2C)C=C(C2=CCC(Nc3ccc(-c4cc(C5=CCCC=C5)cc(-c5ccccc5)c4)cc3)C=C2)CCC1.CCC.CCC/C=C\C=C/Cc1cc(-c2ccc(C)cc2)ccc1C.Cc1ccccc1C. The van der Waals surface area contributed by atoms with Crippen molar-refractivity contribution in [3.63, 3.8) is 0 Å². The quantitative estimate of drug-likeness (QED) is 0.0896. The molecule has 10 rings (SSSR count). The lowest BCUT2D eigenvalue weighted by molar-refractivity contribution is 0.813. The number of hydrogen-bond acceptors (Lipinski definition) is 1. The van der Waals surface area contributed by atoms with Gasteiger partial charge >= 0.3 is 0 Å². The van der Waals surface area contributed by atoms with Gasteiger partial charge in [0.15, 0.2) is 0 Å². The van der Waals surface area contributed by atoms with E-state index in [4.69, 9.17) is 0 Å². The van der Waals surface area contributed by atoms with Crippen molar-refractivity contribution >= 4 is 16.8 Å². The van der Waals surface area contributed by atoms with Crippen molar-refractivity contribution in [2.45, 2.75) is 146 Å². The van der Waals surface area contributed by atoms with Gasteiger partial charge in [-0.25, -0.2) is 0 Å². The predicted molar refractivity (Wildman–Crippen MR) is 370 cm³/mol. The molecule has 1 N–H and O–H groups in total. The highest BCUT2D eigenvalue weighted by atomic mass is 14.9. The molecule has 0 fully saturated rings. The molecule has 428 valence electrons. The summed E-state index contributed by atoms with van der Waals surface area (Å²) in [4.78, 5) is 0. The molecule has 1 atom stereocenters. The number of hydrogen-bond donors (Lipinski definition) is 1. The van der Waals surface area contributed by atoms with Gasteiger partial charge in [-0.2, -0.15) is 0 Å². The van der Waals surface area contributed by atoms with E-state index < -0.39 is 0 Å². The lowest BCUT2D eigenvalue weighted by Gasteiger charge is -2.21. The molecule has 7 aromatic rings. The summed E-state index contributed by atoms with van der Waals surface area (Å²) in [5.41, 5.74) is 26.6. The number of terminal acetylenes is 1. The Balaban J connectivity index is 0.000000281.